The lowest BCUT2D eigenvalue weighted by Gasteiger charge is -2.36. The Hall–Kier alpha value is -3.45. The fourth-order valence-corrected chi connectivity index (χ4v) is 4.64. The largest absolute Gasteiger partial charge is 0.376 e. The highest BCUT2D eigenvalue weighted by atomic mass is 16.5. The average Bonchev–Trinajstić information content (AvgIpc) is 3.40. The summed E-state index contributed by atoms with van der Waals surface area (Å²) in [6.07, 6.45) is 3.82. The fourth-order valence-electron chi connectivity index (χ4n) is 4.64. The quantitative estimate of drug-likeness (QED) is 0.655. The molecule has 0 bridgehead atoms. The van der Waals surface area contributed by atoms with E-state index in [4.69, 9.17) is 4.74 Å². The Balaban J connectivity index is 1.26. The summed E-state index contributed by atoms with van der Waals surface area (Å²) >= 11 is 0. The zero-order valence-electron chi connectivity index (χ0n) is 18.6. The van der Waals surface area contributed by atoms with Crippen LogP contribution in [0, 0.1) is 0 Å². The molecule has 1 atom stereocenters. The number of hydrogen-bond donors (Lipinski definition) is 1. The molecule has 1 unspecified atom stereocenters. The molecule has 3 aromatic rings. The minimum Gasteiger partial charge on any atom is -0.376 e. The molecule has 170 valence electrons. The topological polar surface area (TPSA) is 74.8 Å². The van der Waals surface area contributed by atoms with Gasteiger partial charge in [0, 0.05) is 51.1 Å². The number of hydrogen-bond acceptors (Lipinski definition) is 5. The molecule has 2 saturated heterocycles. The molecule has 0 aliphatic carbocycles. The molecule has 1 N–H and O–H groups in total. The lowest BCUT2D eigenvalue weighted by atomic mass is 10.0. The number of aromatic nitrogens is 1. The van der Waals surface area contributed by atoms with E-state index >= 15 is 0 Å². The molecule has 1 aromatic heterocycles. The highest BCUT2D eigenvalue weighted by Gasteiger charge is 2.26. The van der Waals surface area contributed by atoms with Gasteiger partial charge in [-0.2, -0.15) is 0 Å². The maximum atomic E-state index is 13.3. The lowest BCUT2D eigenvalue weighted by molar-refractivity contribution is 0.0747. The van der Waals surface area contributed by atoms with Crippen molar-refractivity contribution in [1.82, 2.24) is 15.2 Å². The first-order valence-corrected chi connectivity index (χ1v) is 11.6. The van der Waals surface area contributed by atoms with Gasteiger partial charge in [-0.05, 0) is 41.8 Å². The van der Waals surface area contributed by atoms with E-state index in [1.165, 1.54) is 0 Å². The van der Waals surface area contributed by atoms with Crippen LogP contribution in [0.4, 0.5) is 5.82 Å². The standard InChI is InChI=1S/C26H28N4O3/c31-25(28-18-20-8-5-17-33-20)23-11-4-12-27-24(23)29-13-15-30(16-14-29)26(32)22-10-3-7-19-6-1-2-9-21(19)22/h1-4,6-7,9-12,20H,5,8,13-18H2,(H,28,31). The highest BCUT2D eigenvalue weighted by molar-refractivity contribution is 6.07. The summed E-state index contributed by atoms with van der Waals surface area (Å²) < 4.78 is 5.61. The van der Waals surface area contributed by atoms with Crippen LogP contribution in [-0.2, 0) is 4.74 Å². The second-order valence-electron chi connectivity index (χ2n) is 8.53. The third-order valence-corrected chi connectivity index (χ3v) is 6.43. The van der Waals surface area contributed by atoms with E-state index in [0.717, 1.165) is 35.8 Å². The van der Waals surface area contributed by atoms with Crippen molar-refractivity contribution in [1.29, 1.82) is 0 Å². The van der Waals surface area contributed by atoms with Crippen molar-refractivity contribution in [3.8, 4) is 0 Å². The molecule has 2 aromatic carbocycles. The SMILES string of the molecule is O=C(NCC1CCCO1)c1cccnc1N1CCN(C(=O)c2cccc3ccccc23)CC1. The normalized spacial score (nSPS) is 18.5. The summed E-state index contributed by atoms with van der Waals surface area (Å²) in [5.74, 6) is 0.574. The highest BCUT2D eigenvalue weighted by Crippen LogP contribution is 2.23. The van der Waals surface area contributed by atoms with Crippen molar-refractivity contribution in [2.24, 2.45) is 0 Å². The first-order valence-electron chi connectivity index (χ1n) is 11.6. The Kier molecular flexibility index (Phi) is 6.21. The number of ether oxygens (including phenoxy) is 1. The van der Waals surface area contributed by atoms with Gasteiger partial charge < -0.3 is 19.9 Å². The van der Waals surface area contributed by atoms with Crippen LogP contribution in [-0.4, -0.2) is 67.1 Å². The van der Waals surface area contributed by atoms with E-state index in [-0.39, 0.29) is 17.9 Å². The Morgan fingerprint density at radius 1 is 0.970 bits per heavy atom. The van der Waals surface area contributed by atoms with Crippen LogP contribution in [0.2, 0.25) is 0 Å². The number of carbonyl (C=O) groups is 2. The van der Waals surface area contributed by atoms with Crippen LogP contribution in [0.15, 0.2) is 60.8 Å². The van der Waals surface area contributed by atoms with E-state index in [1.54, 1.807) is 18.3 Å². The predicted molar refractivity (Wildman–Crippen MR) is 128 cm³/mol. The summed E-state index contributed by atoms with van der Waals surface area (Å²) in [5.41, 5.74) is 1.29. The first kappa shape index (κ1) is 21.4. The van der Waals surface area contributed by atoms with Gasteiger partial charge in [0.15, 0.2) is 0 Å². The summed E-state index contributed by atoms with van der Waals surface area (Å²) in [6, 6.07) is 17.4. The van der Waals surface area contributed by atoms with Gasteiger partial charge in [-0.25, -0.2) is 4.98 Å². The second kappa shape index (κ2) is 9.58. The number of pyridine rings is 1. The van der Waals surface area contributed by atoms with Gasteiger partial charge in [-0.15, -0.1) is 0 Å². The van der Waals surface area contributed by atoms with Crippen molar-refractivity contribution < 1.29 is 14.3 Å². The van der Waals surface area contributed by atoms with Crippen molar-refractivity contribution >= 4 is 28.4 Å². The number of rotatable bonds is 5. The Morgan fingerprint density at radius 3 is 2.58 bits per heavy atom. The Morgan fingerprint density at radius 2 is 1.76 bits per heavy atom. The second-order valence-corrected chi connectivity index (χ2v) is 8.53. The number of anilines is 1. The van der Waals surface area contributed by atoms with Crippen molar-refractivity contribution in [3.63, 3.8) is 0 Å². The zero-order valence-corrected chi connectivity index (χ0v) is 18.6. The molecule has 5 rings (SSSR count). The minimum absolute atomic E-state index is 0.0435. The van der Waals surface area contributed by atoms with Gasteiger partial charge in [-0.1, -0.05) is 36.4 Å². The van der Waals surface area contributed by atoms with Gasteiger partial charge in [0.25, 0.3) is 11.8 Å². The molecular formula is C26H28N4O3. The van der Waals surface area contributed by atoms with Crippen molar-refractivity contribution in [2.45, 2.75) is 18.9 Å². The van der Waals surface area contributed by atoms with E-state index in [2.05, 4.69) is 15.2 Å². The number of nitrogens with one attached hydrogen (secondary N) is 1. The monoisotopic (exact) mass is 444 g/mol. The average molecular weight is 445 g/mol. The molecule has 7 nitrogen and oxygen atoms in total. The molecule has 7 heteroatoms. The number of fused-ring (bicyclic) bond motifs is 1. The molecule has 2 aliphatic heterocycles. The Bertz CT molecular complexity index is 1150. The molecule has 0 saturated carbocycles. The molecular weight excluding hydrogens is 416 g/mol. The third kappa shape index (κ3) is 4.54. The summed E-state index contributed by atoms with van der Waals surface area (Å²) in [6.45, 7) is 3.69. The molecule has 3 heterocycles. The van der Waals surface area contributed by atoms with Crippen LogP contribution in [0.3, 0.4) is 0 Å². The van der Waals surface area contributed by atoms with Crippen LogP contribution >= 0.6 is 0 Å². The van der Waals surface area contributed by atoms with Crippen LogP contribution in [0.5, 0.6) is 0 Å². The van der Waals surface area contributed by atoms with Crippen molar-refractivity contribution in [3.05, 3.63) is 71.9 Å². The zero-order chi connectivity index (χ0) is 22.6. The smallest absolute Gasteiger partial charge is 0.255 e. The number of nitrogens with zero attached hydrogens (tertiary/aromatic N) is 3. The van der Waals surface area contributed by atoms with Crippen LogP contribution in [0.1, 0.15) is 33.6 Å². The van der Waals surface area contributed by atoms with Gasteiger partial charge in [0.1, 0.15) is 5.82 Å². The maximum Gasteiger partial charge on any atom is 0.255 e. The predicted octanol–water partition coefficient (Wildman–Crippen LogP) is 3.11. The van der Waals surface area contributed by atoms with Gasteiger partial charge >= 0.3 is 0 Å². The molecule has 2 aliphatic rings. The van der Waals surface area contributed by atoms with Gasteiger partial charge in [0.05, 0.1) is 11.7 Å². The number of benzene rings is 2. The van der Waals surface area contributed by atoms with E-state index < -0.39 is 0 Å². The van der Waals surface area contributed by atoms with Crippen molar-refractivity contribution in [2.75, 3.05) is 44.2 Å². The number of piperazine rings is 1. The van der Waals surface area contributed by atoms with Crippen LogP contribution < -0.4 is 10.2 Å². The summed E-state index contributed by atoms with van der Waals surface area (Å²) in [7, 11) is 0. The summed E-state index contributed by atoms with van der Waals surface area (Å²) in [4.78, 5) is 34.6. The van der Waals surface area contributed by atoms with Crippen LogP contribution in [0.25, 0.3) is 10.8 Å². The Labute approximate surface area is 193 Å². The van der Waals surface area contributed by atoms with Gasteiger partial charge in [-0.3, -0.25) is 9.59 Å². The van der Waals surface area contributed by atoms with Gasteiger partial charge in [0.2, 0.25) is 0 Å². The molecule has 33 heavy (non-hydrogen) atoms. The molecule has 2 fully saturated rings. The van der Waals surface area contributed by atoms with E-state index in [0.29, 0.717) is 44.1 Å². The minimum atomic E-state index is -0.136. The summed E-state index contributed by atoms with van der Waals surface area (Å²) in [5, 5.41) is 5.03. The van der Waals surface area contributed by atoms with E-state index in [1.807, 2.05) is 47.4 Å². The molecule has 0 radical (unpaired) electrons. The third-order valence-electron chi connectivity index (χ3n) is 6.43. The maximum absolute atomic E-state index is 13.3. The van der Waals surface area contributed by atoms with E-state index in [9.17, 15) is 9.59 Å². The molecule has 0 spiro atoms. The molecule has 2 amide bonds. The number of amides is 2. The fraction of sp³-hybridized carbons (Fsp3) is 0.346. The number of carbonyl (C=O) groups excluding carboxylic acids is 2. The lowest BCUT2D eigenvalue weighted by Crippen LogP contribution is -2.49. The first-order chi connectivity index (χ1) is 16.2.